The molecule has 0 saturated carbocycles. The number of pyridine rings is 1. The minimum Gasteiger partial charge on any atom is -0.496 e. The number of rotatable bonds is 3. The number of ether oxygens (including phenoxy) is 1. The van der Waals surface area contributed by atoms with Gasteiger partial charge in [0.2, 0.25) is 0 Å². The molecule has 0 spiro atoms. The van der Waals surface area contributed by atoms with Crippen molar-refractivity contribution in [3.05, 3.63) is 70.5 Å². The van der Waals surface area contributed by atoms with Gasteiger partial charge in [-0.25, -0.2) is 0 Å². The summed E-state index contributed by atoms with van der Waals surface area (Å²) >= 11 is 3.41. The Bertz CT molecular complexity index is 783. The zero-order chi connectivity index (χ0) is 14.8. The van der Waals surface area contributed by atoms with Crippen LogP contribution in [0.1, 0.15) is 17.2 Å². The summed E-state index contributed by atoms with van der Waals surface area (Å²) in [7, 11) is 1.60. The number of halogens is 1. The van der Waals surface area contributed by atoms with Crippen molar-refractivity contribution in [2.45, 2.75) is 6.10 Å². The SMILES string of the molecule is COc1cc(Br)ccc1C(O)c1cccc2ccncc12. The predicted molar refractivity (Wildman–Crippen MR) is 86.5 cm³/mol. The maximum Gasteiger partial charge on any atom is 0.126 e. The van der Waals surface area contributed by atoms with Crippen LogP contribution in [0.4, 0.5) is 0 Å². The number of hydrogen-bond acceptors (Lipinski definition) is 3. The second kappa shape index (κ2) is 5.84. The molecule has 1 aromatic heterocycles. The van der Waals surface area contributed by atoms with Crippen LogP contribution in [-0.2, 0) is 0 Å². The highest BCUT2D eigenvalue weighted by molar-refractivity contribution is 9.10. The van der Waals surface area contributed by atoms with Crippen molar-refractivity contribution >= 4 is 26.7 Å². The lowest BCUT2D eigenvalue weighted by Gasteiger charge is -2.17. The van der Waals surface area contributed by atoms with Crippen molar-refractivity contribution in [1.82, 2.24) is 4.98 Å². The number of fused-ring (bicyclic) bond motifs is 1. The fourth-order valence-corrected chi connectivity index (χ4v) is 2.79. The number of benzene rings is 2. The third kappa shape index (κ3) is 2.64. The first-order chi connectivity index (χ1) is 10.2. The third-order valence-electron chi connectivity index (χ3n) is 3.50. The molecular formula is C17H14BrNO2. The quantitative estimate of drug-likeness (QED) is 0.778. The van der Waals surface area contributed by atoms with Crippen molar-refractivity contribution in [3.63, 3.8) is 0 Å². The van der Waals surface area contributed by atoms with Crippen LogP contribution in [0, 0.1) is 0 Å². The normalized spacial score (nSPS) is 12.3. The molecule has 1 heterocycles. The Morgan fingerprint density at radius 2 is 2.00 bits per heavy atom. The van der Waals surface area contributed by atoms with E-state index in [-0.39, 0.29) is 0 Å². The molecule has 3 aromatic rings. The molecule has 106 valence electrons. The fourth-order valence-electron chi connectivity index (χ4n) is 2.45. The van der Waals surface area contributed by atoms with Crippen LogP contribution in [0.2, 0.25) is 0 Å². The highest BCUT2D eigenvalue weighted by Crippen LogP contribution is 2.34. The molecular weight excluding hydrogens is 330 g/mol. The summed E-state index contributed by atoms with van der Waals surface area (Å²) in [5, 5.41) is 12.8. The van der Waals surface area contributed by atoms with E-state index in [1.165, 1.54) is 0 Å². The fraction of sp³-hybridized carbons (Fsp3) is 0.118. The van der Waals surface area contributed by atoms with E-state index in [0.717, 1.165) is 26.4 Å². The molecule has 21 heavy (non-hydrogen) atoms. The Labute approximate surface area is 131 Å². The van der Waals surface area contributed by atoms with E-state index >= 15 is 0 Å². The highest BCUT2D eigenvalue weighted by atomic mass is 79.9. The lowest BCUT2D eigenvalue weighted by Crippen LogP contribution is -2.03. The molecule has 3 rings (SSSR count). The number of nitrogens with zero attached hydrogens (tertiary/aromatic N) is 1. The molecule has 1 unspecified atom stereocenters. The first-order valence-corrected chi connectivity index (χ1v) is 7.34. The van der Waals surface area contributed by atoms with Gasteiger partial charge < -0.3 is 9.84 Å². The van der Waals surface area contributed by atoms with Crippen LogP contribution in [0.15, 0.2) is 59.3 Å². The van der Waals surface area contributed by atoms with Crippen LogP contribution in [-0.4, -0.2) is 17.2 Å². The third-order valence-corrected chi connectivity index (χ3v) is 4.00. The average Bonchev–Trinajstić information content (AvgIpc) is 2.53. The largest absolute Gasteiger partial charge is 0.496 e. The summed E-state index contributed by atoms with van der Waals surface area (Å²) in [5.74, 6) is 0.651. The van der Waals surface area contributed by atoms with Crippen molar-refractivity contribution < 1.29 is 9.84 Å². The summed E-state index contributed by atoms with van der Waals surface area (Å²) in [6.45, 7) is 0. The minimum atomic E-state index is -0.763. The Kier molecular flexibility index (Phi) is 3.90. The summed E-state index contributed by atoms with van der Waals surface area (Å²) < 4.78 is 6.29. The van der Waals surface area contributed by atoms with Gasteiger partial charge >= 0.3 is 0 Å². The van der Waals surface area contributed by atoms with E-state index in [0.29, 0.717) is 5.75 Å². The van der Waals surface area contributed by atoms with Crippen LogP contribution in [0.3, 0.4) is 0 Å². The molecule has 0 aliphatic heterocycles. The molecule has 0 aliphatic rings. The van der Waals surface area contributed by atoms with Gasteiger partial charge in [0.25, 0.3) is 0 Å². The lowest BCUT2D eigenvalue weighted by molar-refractivity contribution is 0.216. The predicted octanol–water partition coefficient (Wildman–Crippen LogP) is 4.09. The van der Waals surface area contributed by atoms with E-state index in [4.69, 9.17) is 4.74 Å². The van der Waals surface area contributed by atoms with Crippen LogP contribution in [0.5, 0.6) is 5.75 Å². The number of methoxy groups -OCH3 is 1. The maximum atomic E-state index is 10.8. The molecule has 3 nitrogen and oxygen atoms in total. The Morgan fingerprint density at radius 1 is 1.14 bits per heavy atom. The summed E-state index contributed by atoms with van der Waals surface area (Å²) in [4.78, 5) is 4.16. The van der Waals surface area contributed by atoms with Crippen molar-refractivity contribution in [3.8, 4) is 5.75 Å². The molecule has 0 saturated heterocycles. The Hall–Kier alpha value is -1.91. The molecule has 2 aromatic carbocycles. The van der Waals surface area contributed by atoms with Crippen molar-refractivity contribution in [2.24, 2.45) is 0 Å². The van der Waals surface area contributed by atoms with Crippen LogP contribution < -0.4 is 4.74 Å². The zero-order valence-electron chi connectivity index (χ0n) is 11.5. The van der Waals surface area contributed by atoms with Crippen LogP contribution >= 0.6 is 15.9 Å². The molecule has 0 fully saturated rings. The summed E-state index contributed by atoms with van der Waals surface area (Å²) in [6.07, 6.45) is 2.76. The van der Waals surface area contributed by atoms with Gasteiger partial charge in [-0.05, 0) is 29.1 Å². The number of aromatic nitrogens is 1. The first kappa shape index (κ1) is 14.0. The van der Waals surface area contributed by atoms with Gasteiger partial charge in [0.15, 0.2) is 0 Å². The highest BCUT2D eigenvalue weighted by Gasteiger charge is 2.17. The Balaban J connectivity index is 2.15. The number of aliphatic hydroxyl groups is 1. The van der Waals surface area contributed by atoms with E-state index < -0.39 is 6.10 Å². The monoisotopic (exact) mass is 343 g/mol. The summed E-state index contributed by atoms with van der Waals surface area (Å²) in [6, 6.07) is 13.4. The smallest absolute Gasteiger partial charge is 0.126 e. The van der Waals surface area contributed by atoms with Gasteiger partial charge in [-0.15, -0.1) is 0 Å². The second-order valence-corrected chi connectivity index (χ2v) is 5.65. The van der Waals surface area contributed by atoms with Crippen molar-refractivity contribution in [1.29, 1.82) is 0 Å². The van der Waals surface area contributed by atoms with Gasteiger partial charge in [-0.1, -0.05) is 40.2 Å². The molecule has 0 bridgehead atoms. The van der Waals surface area contributed by atoms with Crippen molar-refractivity contribution in [2.75, 3.05) is 7.11 Å². The maximum absolute atomic E-state index is 10.8. The lowest BCUT2D eigenvalue weighted by atomic mass is 9.96. The summed E-state index contributed by atoms with van der Waals surface area (Å²) in [5.41, 5.74) is 1.55. The minimum absolute atomic E-state index is 0.651. The van der Waals surface area contributed by atoms with Gasteiger partial charge in [0, 0.05) is 27.8 Å². The molecule has 0 amide bonds. The topological polar surface area (TPSA) is 42.4 Å². The standard InChI is InChI=1S/C17H14BrNO2/c1-21-16-9-12(18)5-6-14(16)17(20)13-4-2-3-11-7-8-19-10-15(11)13/h2-10,17,20H,1H3. The van der Waals surface area contributed by atoms with E-state index in [1.54, 1.807) is 19.5 Å². The Morgan fingerprint density at radius 3 is 2.81 bits per heavy atom. The first-order valence-electron chi connectivity index (χ1n) is 6.55. The van der Waals surface area contributed by atoms with Gasteiger partial charge in [0.1, 0.15) is 11.9 Å². The number of hydrogen-bond donors (Lipinski definition) is 1. The molecule has 0 radical (unpaired) electrons. The van der Waals surface area contributed by atoms with E-state index in [9.17, 15) is 5.11 Å². The van der Waals surface area contributed by atoms with Gasteiger partial charge in [0.05, 0.1) is 7.11 Å². The average molecular weight is 344 g/mol. The zero-order valence-corrected chi connectivity index (χ0v) is 13.0. The molecule has 0 aliphatic carbocycles. The van der Waals surface area contributed by atoms with E-state index in [1.807, 2.05) is 42.5 Å². The second-order valence-electron chi connectivity index (χ2n) is 4.73. The number of aliphatic hydroxyl groups excluding tert-OH is 1. The van der Waals surface area contributed by atoms with Crippen LogP contribution in [0.25, 0.3) is 10.8 Å². The molecule has 1 atom stereocenters. The van der Waals surface area contributed by atoms with Gasteiger partial charge in [-0.2, -0.15) is 0 Å². The van der Waals surface area contributed by atoms with Gasteiger partial charge in [-0.3, -0.25) is 4.98 Å². The molecule has 1 N–H and O–H groups in total. The molecule has 4 heteroatoms. The van der Waals surface area contributed by atoms with E-state index in [2.05, 4.69) is 20.9 Å².